The lowest BCUT2D eigenvalue weighted by atomic mass is 10.1. The van der Waals surface area contributed by atoms with Gasteiger partial charge in [0.2, 0.25) is 0 Å². The van der Waals surface area contributed by atoms with E-state index in [1.54, 1.807) is 86.6 Å². The largest absolute Gasteiger partial charge is 0.478 e. The molecule has 4 rings (SSSR count). The molecule has 4 aromatic carbocycles. The Labute approximate surface area is 241 Å². The third kappa shape index (κ3) is 6.99. The minimum absolute atomic E-state index is 0.0653. The van der Waals surface area contributed by atoms with E-state index in [9.17, 15) is 29.4 Å². The lowest BCUT2D eigenvalue weighted by Crippen LogP contribution is -2.16. The Hall–Kier alpha value is -5.90. The third-order valence-corrected chi connectivity index (χ3v) is 6.28. The number of nitrogens with one attached hydrogen (secondary N) is 2. The summed E-state index contributed by atoms with van der Waals surface area (Å²) in [5.41, 5.74) is 3.77. The zero-order chi connectivity index (χ0) is 30.2. The number of amides is 2. The molecule has 4 aromatic rings. The lowest BCUT2D eigenvalue weighted by Gasteiger charge is -2.09. The molecule has 0 fully saturated rings. The van der Waals surface area contributed by atoms with E-state index in [1.807, 2.05) is 0 Å². The first-order valence-corrected chi connectivity index (χ1v) is 12.7. The molecule has 0 aromatic heterocycles. The molecule has 0 spiro atoms. The zero-order valence-corrected chi connectivity index (χ0v) is 22.7. The Morgan fingerprint density at radius 3 is 1.12 bits per heavy atom. The molecule has 0 bridgehead atoms. The highest BCUT2D eigenvalue weighted by Gasteiger charge is 2.17. The fourth-order valence-electron chi connectivity index (χ4n) is 3.99. The average Bonchev–Trinajstić information content (AvgIpc) is 3.00. The maximum absolute atomic E-state index is 12.6. The number of benzene rings is 4. The van der Waals surface area contributed by atoms with Crippen LogP contribution < -0.4 is 10.6 Å². The predicted octanol–water partition coefficient (Wildman–Crippen LogP) is 5.82. The third-order valence-electron chi connectivity index (χ3n) is 6.28. The molecule has 0 heterocycles. The van der Waals surface area contributed by atoms with Crippen molar-refractivity contribution in [3.05, 3.63) is 130 Å². The topological polar surface area (TPSA) is 158 Å². The van der Waals surface area contributed by atoms with Crippen LogP contribution in [0.3, 0.4) is 0 Å². The second kappa shape index (κ2) is 13.0. The van der Waals surface area contributed by atoms with Crippen LogP contribution in [0.1, 0.15) is 66.4 Å². The highest BCUT2D eigenvalue weighted by Crippen LogP contribution is 2.17. The van der Waals surface area contributed by atoms with E-state index in [2.05, 4.69) is 20.8 Å². The Bertz CT molecular complexity index is 1600. The van der Waals surface area contributed by atoms with Gasteiger partial charge in [-0.05, 0) is 73.5 Å². The van der Waals surface area contributed by atoms with Gasteiger partial charge in [-0.15, -0.1) is 0 Å². The van der Waals surface area contributed by atoms with Gasteiger partial charge >= 0.3 is 11.9 Å². The molecule has 0 radical (unpaired) electrons. The SMILES string of the molecule is C/C(=N\N=C(/C)c1ccc(NC(=O)c2ccccc2C(=O)O)cc1)c1ccc(NC(=O)c2ccccc2C(=O)O)cc1. The molecular weight excluding hydrogens is 536 g/mol. The van der Waals surface area contributed by atoms with Gasteiger partial charge in [-0.25, -0.2) is 9.59 Å². The van der Waals surface area contributed by atoms with Crippen molar-refractivity contribution < 1.29 is 29.4 Å². The number of rotatable bonds is 9. The van der Waals surface area contributed by atoms with Gasteiger partial charge in [0.1, 0.15) is 0 Å². The van der Waals surface area contributed by atoms with Gasteiger partial charge in [0.15, 0.2) is 0 Å². The van der Waals surface area contributed by atoms with Crippen molar-refractivity contribution in [2.75, 3.05) is 10.6 Å². The molecule has 0 saturated heterocycles. The van der Waals surface area contributed by atoms with E-state index < -0.39 is 23.8 Å². The van der Waals surface area contributed by atoms with Crippen molar-refractivity contribution in [1.82, 2.24) is 0 Å². The summed E-state index contributed by atoms with van der Waals surface area (Å²) in [7, 11) is 0. The van der Waals surface area contributed by atoms with Crippen LogP contribution in [-0.4, -0.2) is 45.4 Å². The van der Waals surface area contributed by atoms with Gasteiger partial charge < -0.3 is 20.8 Å². The van der Waals surface area contributed by atoms with Crippen LogP contribution in [0, 0.1) is 0 Å². The first-order chi connectivity index (χ1) is 20.1. The number of carbonyl (C=O) groups excluding carboxylic acids is 2. The molecule has 10 nitrogen and oxygen atoms in total. The summed E-state index contributed by atoms with van der Waals surface area (Å²) in [6.45, 7) is 3.59. The van der Waals surface area contributed by atoms with E-state index in [4.69, 9.17) is 0 Å². The van der Waals surface area contributed by atoms with Crippen molar-refractivity contribution >= 4 is 46.6 Å². The maximum atomic E-state index is 12.6. The number of hydrogen-bond acceptors (Lipinski definition) is 6. The van der Waals surface area contributed by atoms with E-state index in [1.165, 1.54) is 24.3 Å². The molecule has 210 valence electrons. The van der Waals surface area contributed by atoms with Gasteiger partial charge in [0.25, 0.3) is 11.8 Å². The Morgan fingerprint density at radius 2 is 0.810 bits per heavy atom. The van der Waals surface area contributed by atoms with Gasteiger partial charge in [-0.1, -0.05) is 48.5 Å². The van der Waals surface area contributed by atoms with E-state index in [-0.39, 0.29) is 22.3 Å². The van der Waals surface area contributed by atoms with Gasteiger partial charge in [0, 0.05) is 11.4 Å². The number of aromatic carboxylic acids is 2. The minimum atomic E-state index is -1.18. The fraction of sp³-hybridized carbons (Fsp3) is 0.0625. The second-order valence-electron chi connectivity index (χ2n) is 9.14. The Balaban J connectivity index is 1.40. The summed E-state index contributed by atoms with van der Waals surface area (Å²) >= 11 is 0. The molecule has 42 heavy (non-hydrogen) atoms. The summed E-state index contributed by atoms with van der Waals surface area (Å²) in [6.07, 6.45) is 0. The average molecular weight is 563 g/mol. The van der Waals surface area contributed by atoms with Gasteiger partial charge in [0.05, 0.1) is 33.7 Å². The quantitative estimate of drug-likeness (QED) is 0.149. The molecule has 0 aliphatic rings. The van der Waals surface area contributed by atoms with Crippen LogP contribution in [0.4, 0.5) is 11.4 Å². The van der Waals surface area contributed by atoms with Gasteiger partial charge in [-0.2, -0.15) is 10.2 Å². The lowest BCUT2D eigenvalue weighted by molar-refractivity contribution is 0.0683. The standard InChI is InChI=1S/C32H26N4O6/c1-19(21-11-15-23(16-12-21)33-29(37)25-7-3-5-9-27(25)31(39)40)35-36-20(2)22-13-17-24(18-14-22)34-30(38)26-8-4-6-10-28(26)32(41)42/h3-18H,1-2H3,(H,33,37)(H,34,38)(H,39,40)(H,41,42)/b35-19+,36-20+. The zero-order valence-electron chi connectivity index (χ0n) is 22.7. The number of carbonyl (C=O) groups is 4. The first kappa shape index (κ1) is 29.1. The Morgan fingerprint density at radius 1 is 0.500 bits per heavy atom. The number of carboxylic acid groups (broad SMARTS) is 2. The number of nitrogens with zero attached hydrogens (tertiary/aromatic N) is 2. The summed E-state index contributed by atoms with van der Waals surface area (Å²) < 4.78 is 0. The number of hydrogen-bond donors (Lipinski definition) is 4. The Kier molecular flexibility index (Phi) is 8.98. The predicted molar refractivity (Wildman–Crippen MR) is 160 cm³/mol. The van der Waals surface area contributed by atoms with Crippen LogP contribution >= 0.6 is 0 Å². The maximum Gasteiger partial charge on any atom is 0.336 e. The minimum Gasteiger partial charge on any atom is -0.478 e. The van der Waals surface area contributed by atoms with Gasteiger partial charge in [-0.3, -0.25) is 9.59 Å². The molecule has 2 amide bonds. The monoisotopic (exact) mass is 562 g/mol. The molecule has 0 atom stereocenters. The van der Waals surface area contributed by atoms with Crippen molar-refractivity contribution in [2.45, 2.75) is 13.8 Å². The van der Waals surface area contributed by atoms with Crippen molar-refractivity contribution in [3.63, 3.8) is 0 Å². The molecule has 4 N–H and O–H groups in total. The highest BCUT2D eigenvalue weighted by atomic mass is 16.4. The number of carboxylic acids is 2. The van der Waals surface area contributed by atoms with Crippen LogP contribution in [0.25, 0.3) is 0 Å². The number of anilines is 2. The van der Waals surface area contributed by atoms with Crippen molar-refractivity contribution in [2.24, 2.45) is 10.2 Å². The van der Waals surface area contributed by atoms with Crippen LogP contribution in [0.5, 0.6) is 0 Å². The normalized spacial score (nSPS) is 11.5. The van der Waals surface area contributed by atoms with Crippen LogP contribution in [0.2, 0.25) is 0 Å². The van der Waals surface area contributed by atoms with Crippen molar-refractivity contribution in [1.29, 1.82) is 0 Å². The van der Waals surface area contributed by atoms with E-state index >= 15 is 0 Å². The molecule has 0 aliphatic carbocycles. The summed E-state index contributed by atoms with van der Waals surface area (Å²) in [5, 5.41) is 32.6. The molecular formula is C32H26N4O6. The van der Waals surface area contributed by atoms with E-state index in [0.29, 0.717) is 22.8 Å². The molecule has 10 heteroatoms. The van der Waals surface area contributed by atoms with Crippen LogP contribution in [0.15, 0.2) is 107 Å². The molecule has 0 aliphatic heterocycles. The summed E-state index contributed by atoms with van der Waals surface area (Å²) in [5.74, 6) is -3.41. The first-order valence-electron chi connectivity index (χ1n) is 12.7. The van der Waals surface area contributed by atoms with E-state index in [0.717, 1.165) is 11.1 Å². The van der Waals surface area contributed by atoms with Crippen molar-refractivity contribution in [3.8, 4) is 0 Å². The van der Waals surface area contributed by atoms with Crippen LogP contribution in [-0.2, 0) is 0 Å². The highest BCUT2D eigenvalue weighted by molar-refractivity contribution is 6.12. The fourth-order valence-corrected chi connectivity index (χ4v) is 3.99. The second-order valence-corrected chi connectivity index (χ2v) is 9.14. The smallest absolute Gasteiger partial charge is 0.336 e. The molecule has 0 saturated carbocycles. The molecule has 0 unspecified atom stereocenters. The summed E-state index contributed by atoms with van der Waals surface area (Å²) in [6, 6.07) is 25.8. The summed E-state index contributed by atoms with van der Waals surface area (Å²) in [4.78, 5) is 48.0.